The van der Waals surface area contributed by atoms with Crippen LogP contribution >= 0.6 is 27.5 Å². The van der Waals surface area contributed by atoms with Gasteiger partial charge >= 0.3 is 0 Å². The highest BCUT2D eigenvalue weighted by atomic mass is 79.9. The molecule has 0 aliphatic carbocycles. The van der Waals surface area contributed by atoms with Crippen LogP contribution < -0.4 is 10.5 Å². The number of pyridine rings is 1. The van der Waals surface area contributed by atoms with Crippen molar-refractivity contribution >= 4 is 39.0 Å². The van der Waals surface area contributed by atoms with Gasteiger partial charge in [0.05, 0.1) is 21.3 Å². The number of benzene rings is 2. The average molecular weight is 541 g/mol. The molecule has 0 saturated carbocycles. The Bertz CT molecular complexity index is 1300. The maximum absolute atomic E-state index is 12.9. The van der Waals surface area contributed by atoms with Gasteiger partial charge in [-0.15, -0.1) is 0 Å². The van der Waals surface area contributed by atoms with E-state index in [1.165, 1.54) is 0 Å². The first-order valence-corrected chi connectivity index (χ1v) is 12.4. The average Bonchev–Trinajstić information content (AvgIpc) is 3.26. The predicted octanol–water partition coefficient (Wildman–Crippen LogP) is 6.59. The molecular formula is C27H27BrClN3O2. The molecular weight excluding hydrogens is 514 g/mol. The summed E-state index contributed by atoms with van der Waals surface area (Å²) in [7, 11) is 0. The summed E-state index contributed by atoms with van der Waals surface area (Å²) in [6, 6.07) is 17.4. The Morgan fingerprint density at radius 2 is 1.94 bits per heavy atom. The largest absolute Gasteiger partial charge is 0.489 e. The fourth-order valence-corrected chi connectivity index (χ4v) is 4.58. The number of hydrogen-bond acceptors (Lipinski definition) is 4. The highest BCUT2D eigenvalue weighted by Crippen LogP contribution is 2.28. The normalized spacial score (nSPS) is 12.3. The molecule has 0 amide bonds. The van der Waals surface area contributed by atoms with Crippen LogP contribution in [-0.4, -0.2) is 27.8 Å². The van der Waals surface area contributed by atoms with Crippen molar-refractivity contribution in [2.75, 3.05) is 6.54 Å². The van der Waals surface area contributed by atoms with Crippen molar-refractivity contribution in [1.29, 1.82) is 0 Å². The Balaban J connectivity index is 1.42. The lowest BCUT2D eigenvalue weighted by Crippen LogP contribution is -2.20. The van der Waals surface area contributed by atoms with Crippen molar-refractivity contribution in [3.05, 3.63) is 87.6 Å². The number of carbonyl (C=O) groups is 1. The molecule has 0 aliphatic heterocycles. The van der Waals surface area contributed by atoms with E-state index in [1.807, 2.05) is 42.8 Å². The summed E-state index contributed by atoms with van der Waals surface area (Å²) >= 11 is 9.85. The van der Waals surface area contributed by atoms with Crippen LogP contribution in [0.15, 0.2) is 71.5 Å². The van der Waals surface area contributed by atoms with Crippen LogP contribution in [0.5, 0.6) is 5.75 Å². The molecule has 7 heteroatoms. The van der Waals surface area contributed by atoms with Gasteiger partial charge in [0.1, 0.15) is 5.75 Å². The van der Waals surface area contributed by atoms with Crippen molar-refractivity contribution in [3.63, 3.8) is 0 Å². The molecule has 2 heterocycles. The molecule has 2 N–H and O–H groups in total. The third kappa shape index (κ3) is 5.69. The second-order valence-electron chi connectivity index (χ2n) is 8.66. The van der Waals surface area contributed by atoms with E-state index >= 15 is 0 Å². The number of ether oxygens (including phenoxy) is 1. The van der Waals surface area contributed by atoms with Gasteiger partial charge in [-0.2, -0.15) is 0 Å². The van der Waals surface area contributed by atoms with Gasteiger partial charge in [0.25, 0.3) is 0 Å². The number of carbonyl (C=O) groups excluding carboxylic acids is 1. The second kappa shape index (κ2) is 10.7. The monoisotopic (exact) mass is 539 g/mol. The van der Waals surface area contributed by atoms with Crippen LogP contribution in [0.3, 0.4) is 0 Å². The Hall–Kier alpha value is -2.67. The fourth-order valence-electron chi connectivity index (χ4n) is 3.91. The maximum Gasteiger partial charge on any atom is 0.163 e. The predicted molar refractivity (Wildman–Crippen MR) is 141 cm³/mol. The first-order chi connectivity index (χ1) is 16.3. The molecule has 0 radical (unpaired) electrons. The van der Waals surface area contributed by atoms with Gasteiger partial charge < -0.3 is 14.9 Å². The molecule has 5 nitrogen and oxygen atoms in total. The summed E-state index contributed by atoms with van der Waals surface area (Å²) in [5.41, 5.74) is 10.6. The summed E-state index contributed by atoms with van der Waals surface area (Å²) < 4.78 is 8.61. The molecule has 0 unspecified atom stereocenters. The van der Waals surface area contributed by atoms with Crippen LogP contribution in [0.25, 0.3) is 16.9 Å². The van der Waals surface area contributed by atoms with E-state index in [4.69, 9.17) is 27.1 Å². The Morgan fingerprint density at radius 3 is 2.59 bits per heavy atom. The number of nitrogens with zero attached hydrogens (tertiary/aromatic N) is 2. The van der Waals surface area contributed by atoms with E-state index in [0.717, 1.165) is 33.4 Å². The highest BCUT2D eigenvalue weighted by Gasteiger charge is 2.17. The third-order valence-corrected chi connectivity index (χ3v) is 6.55. The minimum atomic E-state index is 0.0154. The van der Waals surface area contributed by atoms with Gasteiger partial charge in [-0.1, -0.05) is 35.9 Å². The number of imidazole rings is 1. The zero-order chi connectivity index (χ0) is 24.2. The number of rotatable bonds is 9. The van der Waals surface area contributed by atoms with E-state index in [0.29, 0.717) is 29.3 Å². The SMILES string of the molecule is CC(C)Oc1ccc(C(=O)C[C@H](CN)Cc2ccc(-c3cn4cccc(Br)c4n3)cc2)cc1Cl. The lowest BCUT2D eigenvalue weighted by molar-refractivity contribution is 0.0962. The summed E-state index contributed by atoms with van der Waals surface area (Å²) in [4.78, 5) is 17.6. The van der Waals surface area contributed by atoms with Crippen LogP contribution in [0.1, 0.15) is 36.2 Å². The topological polar surface area (TPSA) is 69.6 Å². The molecule has 176 valence electrons. The number of aromatic nitrogens is 2. The van der Waals surface area contributed by atoms with Crippen molar-refractivity contribution in [1.82, 2.24) is 9.38 Å². The van der Waals surface area contributed by atoms with Crippen molar-refractivity contribution in [3.8, 4) is 17.0 Å². The number of nitrogens with two attached hydrogens (primary N) is 1. The standard InChI is InChI=1S/C27H27BrClN3O2/c1-17(2)34-26-10-9-21(14-23(26)29)25(33)13-19(15-30)12-18-5-7-20(8-6-18)24-16-32-11-3-4-22(28)27(32)31-24/h3-11,14,16-17,19H,12-13,15,30H2,1-2H3/t19-/m1/s1. The second-order valence-corrected chi connectivity index (χ2v) is 9.92. The van der Waals surface area contributed by atoms with E-state index in [1.54, 1.807) is 18.2 Å². The van der Waals surface area contributed by atoms with Gasteiger partial charge in [0.2, 0.25) is 0 Å². The van der Waals surface area contributed by atoms with Gasteiger partial charge in [-0.05, 0) is 84.6 Å². The maximum atomic E-state index is 12.9. The summed E-state index contributed by atoms with van der Waals surface area (Å²) in [5, 5.41) is 0.443. The smallest absolute Gasteiger partial charge is 0.163 e. The quantitative estimate of drug-likeness (QED) is 0.243. The molecule has 0 saturated heterocycles. The number of hydrogen-bond donors (Lipinski definition) is 1. The molecule has 4 rings (SSSR count). The first kappa shape index (κ1) is 24.5. The van der Waals surface area contributed by atoms with Gasteiger partial charge in [-0.3, -0.25) is 4.79 Å². The molecule has 2 aromatic carbocycles. The summed E-state index contributed by atoms with van der Waals surface area (Å²) in [6.07, 6.45) is 5.09. The van der Waals surface area contributed by atoms with Crippen molar-refractivity contribution in [2.24, 2.45) is 11.7 Å². The lowest BCUT2D eigenvalue weighted by atomic mass is 9.91. The summed E-state index contributed by atoms with van der Waals surface area (Å²) in [5.74, 6) is 0.650. The van der Waals surface area contributed by atoms with E-state index < -0.39 is 0 Å². The Kier molecular flexibility index (Phi) is 7.71. The molecule has 0 spiro atoms. The molecule has 34 heavy (non-hydrogen) atoms. The van der Waals surface area contributed by atoms with Gasteiger partial charge in [0, 0.05) is 29.9 Å². The van der Waals surface area contributed by atoms with Crippen molar-refractivity contribution < 1.29 is 9.53 Å². The Morgan fingerprint density at radius 1 is 1.18 bits per heavy atom. The lowest BCUT2D eigenvalue weighted by Gasteiger charge is -2.15. The number of ketones is 1. The molecule has 0 fully saturated rings. The fraction of sp³-hybridized carbons (Fsp3) is 0.259. The minimum absolute atomic E-state index is 0.0154. The number of fused-ring (bicyclic) bond motifs is 1. The summed E-state index contributed by atoms with van der Waals surface area (Å²) in [6.45, 7) is 4.30. The zero-order valence-electron chi connectivity index (χ0n) is 19.2. The van der Waals surface area contributed by atoms with Crippen LogP contribution in [-0.2, 0) is 6.42 Å². The molecule has 0 bridgehead atoms. The van der Waals surface area contributed by atoms with E-state index in [2.05, 4.69) is 40.2 Å². The Labute approximate surface area is 213 Å². The van der Waals surface area contributed by atoms with Gasteiger partial charge in [0.15, 0.2) is 11.4 Å². The first-order valence-electron chi connectivity index (χ1n) is 11.3. The van der Waals surface area contributed by atoms with Gasteiger partial charge in [-0.25, -0.2) is 4.98 Å². The molecule has 0 aliphatic rings. The molecule has 2 aromatic heterocycles. The number of halogens is 2. The van der Waals surface area contributed by atoms with Crippen LogP contribution in [0, 0.1) is 5.92 Å². The zero-order valence-corrected chi connectivity index (χ0v) is 21.5. The van der Waals surface area contributed by atoms with E-state index in [-0.39, 0.29) is 17.8 Å². The van der Waals surface area contributed by atoms with Crippen molar-refractivity contribution in [2.45, 2.75) is 32.8 Å². The highest BCUT2D eigenvalue weighted by molar-refractivity contribution is 9.10. The molecule has 1 atom stereocenters. The third-order valence-electron chi connectivity index (χ3n) is 5.63. The van der Waals surface area contributed by atoms with Crippen LogP contribution in [0.4, 0.5) is 0 Å². The number of Topliss-reactive ketones (excluding diaryl/α,β-unsaturated/α-hetero) is 1. The van der Waals surface area contributed by atoms with E-state index in [9.17, 15) is 4.79 Å². The minimum Gasteiger partial charge on any atom is -0.489 e. The van der Waals surface area contributed by atoms with Crippen LogP contribution in [0.2, 0.25) is 5.02 Å². The molecule has 4 aromatic rings.